The molecule has 1 atom stereocenters. The third-order valence-electron chi connectivity index (χ3n) is 5.62. The van der Waals surface area contributed by atoms with Crippen molar-refractivity contribution in [3.8, 4) is 0 Å². The van der Waals surface area contributed by atoms with Crippen molar-refractivity contribution in [3.05, 3.63) is 109 Å². The number of rotatable bonds is 12. The molecule has 0 radical (unpaired) electrons. The van der Waals surface area contributed by atoms with Crippen LogP contribution in [0.5, 0.6) is 0 Å². The first-order valence-corrected chi connectivity index (χ1v) is 13.0. The monoisotopic (exact) mass is 414 g/mol. The van der Waals surface area contributed by atoms with Crippen LogP contribution in [0, 0.1) is 0 Å². The summed E-state index contributed by atoms with van der Waals surface area (Å²) in [4.78, 5) is 0. The smallest absolute Gasteiger partial charge is 0.00215 e. The summed E-state index contributed by atoms with van der Waals surface area (Å²) in [5.74, 6) is 0.495. The van der Waals surface area contributed by atoms with Gasteiger partial charge in [0.15, 0.2) is 0 Å². The molecule has 3 aromatic rings. The summed E-state index contributed by atoms with van der Waals surface area (Å²) in [6.07, 6.45) is 13.8. The number of hydrogen-bond donors (Lipinski definition) is 0. The second kappa shape index (κ2) is 13.2. The van der Waals surface area contributed by atoms with Crippen LogP contribution in [0.1, 0.15) is 56.9 Å². The lowest BCUT2D eigenvalue weighted by molar-refractivity contribution is 0.672. The predicted molar refractivity (Wildman–Crippen MR) is 136 cm³/mol. The lowest BCUT2D eigenvalue weighted by atomic mass is 9.95. The normalized spacial score (nSPS) is 12.5. The molecule has 0 saturated heterocycles. The Kier molecular flexibility index (Phi) is 9.90. The molecule has 0 N–H and O–H groups in total. The minimum absolute atomic E-state index is 0.334. The van der Waals surface area contributed by atoms with Crippen LogP contribution in [-0.2, 0) is 0 Å². The molecular weight excluding hydrogens is 379 g/mol. The van der Waals surface area contributed by atoms with E-state index in [1.165, 1.54) is 60.9 Å². The van der Waals surface area contributed by atoms with Gasteiger partial charge in [-0.15, -0.1) is 0 Å². The van der Waals surface area contributed by atoms with E-state index in [0.29, 0.717) is 5.92 Å². The van der Waals surface area contributed by atoms with Gasteiger partial charge in [0.2, 0.25) is 0 Å². The molecule has 0 amide bonds. The van der Waals surface area contributed by atoms with E-state index in [1.807, 2.05) is 0 Å². The summed E-state index contributed by atoms with van der Waals surface area (Å²) in [5, 5.41) is 2.96. The van der Waals surface area contributed by atoms with Crippen molar-refractivity contribution >= 4 is 18.5 Å². The molecular formula is C29H35P. The van der Waals surface area contributed by atoms with Crippen molar-refractivity contribution in [1.29, 1.82) is 0 Å². The van der Waals surface area contributed by atoms with Crippen LogP contribution < -0.4 is 10.6 Å². The summed E-state index contributed by atoms with van der Waals surface area (Å²) in [6.45, 7) is 2.28. The molecule has 0 spiro atoms. The maximum atomic E-state index is 2.48. The number of allylic oxidation sites excluding steroid dienone is 2. The third kappa shape index (κ3) is 7.26. The summed E-state index contributed by atoms with van der Waals surface area (Å²) >= 11 is 0. The zero-order valence-corrected chi connectivity index (χ0v) is 19.2. The standard InChI is InChI=1S/C29H35P/c1-2-3-4-5-6-10-19-27(26-17-11-7-12-18-26)24-25-30(28-20-13-8-14-21-28)29-22-15-9-16-23-29/h7-23,27H,2-6,24-25H2,1H3/b19-10-. The minimum Gasteiger partial charge on any atom is -0.0879 e. The molecule has 0 fully saturated rings. The Morgan fingerprint density at radius 2 is 1.27 bits per heavy atom. The van der Waals surface area contributed by atoms with Gasteiger partial charge >= 0.3 is 0 Å². The molecule has 1 heteroatoms. The summed E-state index contributed by atoms with van der Waals surface area (Å²) in [6, 6.07) is 33.2. The van der Waals surface area contributed by atoms with Crippen LogP contribution in [0.15, 0.2) is 103 Å². The highest BCUT2D eigenvalue weighted by Gasteiger charge is 2.16. The average Bonchev–Trinajstić information content (AvgIpc) is 2.82. The Balaban J connectivity index is 1.72. The molecule has 0 saturated carbocycles. The van der Waals surface area contributed by atoms with Crippen molar-refractivity contribution < 1.29 is 0 Å². The molecule has 3 aromatic carbocycles. The van der Waals surface area contributed by atoms with Crippen molar-refractivity contribution in [2.45, 2.75) is 51.4 Å². The first kappa shape index (κ1) is 22.5. The van der Waals surface area contributed by atoms with Crippen LogP contribution in [0.2, 0.25) is 0 Å². The molecule has 1 unspecified atom stereocenters. The van der Waals surface area contributed by atoms with Gasteiger partial charge in [0.25, 0.3) is 0 Å². The zero-order valence-electron chi connectivity index (χ0n) is 18.3. The highest BCUT2D eigenvalue weighted by molar-refractivity contribution is 7.73. The highest BCUT2D eigenvalue weighted by atomic mass is 31.1. The van der Waals surface area contributed by atoms with E-state index >= 15 is 0 Å². The van der Waals surface area contributed by atoms with Crippen LogP contribution in [0.3, 0.4) is 0 Å². The fourth-order valence-electron chi connectivity index (χ4n) is 3.92. The first-order chi connectivity index (χ1) is 14.9. The van der Waals surface area contributed by atoms with Gasteiger partial charge in [0, 0.05) is 5.92 Å². The molecule has 0 aromatic heterocycles. The first-order valence-electron chi connectivity index (χ1n) is 11.5. The van der Waals surface area contributed by atoms with Gasteiger partial charge in [-0.1, -0.05) is 129 Å². The van der Waals surface area contributed by atoms with Gasteiger partial charge < -0.3 is 0 Å². The predicted octanol–water partition coefficient (Wildman–Crippen LogP) is 7.82. The average molecular weight is 415 g/mol. The Hall–Kier alpha value is -2.17. The van der Waals surface area contributed by atoms with Gasteiger partial charge in [0.05, 0.1) is 0 Å². The number of benzene rings is 3. The Morgan fingerprint density at radius 1 is 0.700 bits per heavy atom. The van der Waals surface area contributed by atoms with Crippen LogP contribution in [0.4, 0.5) is 0 Å². The SMILES string of the molecule is CCCCCC/C=C\C(CCP(c1ccccc1)c1ccccc1)c1ccccc1. The number of hydrogen-bond acceptors (Lipinski definition) is 0. The van der Waals surface area contributed by atoms with E-state index < -0.39 is 0 Å². The van der Waals surface area contributed by atoms with Crippen LogP contribution in [-0.4, -0.2) is 6.16 Å². The minimum atomic E-state index is -0.334. The van der Waals surface area contributed by atoms with E-state index in [0.717, 1.165) is 0 Å². The summed E-state index contributed by atoms with van der Waals surface area (Å²) in [5.41, 5.74) is 1.44. The maximum absolute atomic E-state index is 2.48. The maximum Gasteiger partial charge on any atom is 0.00215 e. The fourth-order valence-corrected chi connectivity index (χ4v) is 6.33. The zero-order chi connectivity index (χ0) is 20.9. The molecule has 0 nitrogen and oxygen atoms in total. The van der Waals surface area contributed by atoms with Crippen molar-refractivity contribution in [2.75, 3.05) is 6.16 Å². The topological polar surface area (TPSA) is 0 Å². The second-order valence-corrected chi connectivity index (χ2v) is 10.2. The molecule has 0 aliphatic heterocycles. The molecule has 3 rings (SSSR count). The number of unbranched alkanes of at least 4 members (excludes halogenated alkanes) is 4. The van der Waals surface area contributed by atoms with Crippen molar-refractivity contribution in [1.82, 2.24) is 0 Å². The fraction of sp³-hybridized carbons (Fsp3) is 0.310. The summed E-state index contributed by atoms with van der Waals surface area (Å²) in [7, 11) is -0.334. The van der Waals surface area contributed by atoms with Gasteiger partial charge in [-0.3, -0.25) is 0 Å². The molecule has 0 aliphatic carbocycles. The van der Waals surface area contributed by atoms with Gasteiger partial charge in [-0.2, -0.15) is 0 Å². The lowest BCUT2D eigenvalue weighted by Crippen LogP contribution is -2.15. The highest BCUT2D eigenvalue weighted by Crippen LogP contribution is 2.37. The van der Waals surface area contributed by atoms with Gasteiger partial charge in [-0.05, 0) is 49.5 Å². The largest absolute Gasteiger partial charge is 0.0879 e. The molecule has 0 bridgehead atoms. The molecule has 0 aliphatic rings. The van der Waals surface area contributed by atoms with E-state index in [9.17, 15) is 0 Å². The van der Waals surface area contributed by atoms with E-state index in [1.54, 1.807) is 0 Å². The van der Waals surface area contributed by atoms with E-state index in [4.69, 9.17) is 0 Å². The third-order valence-corrected chi connectivity index (χ3v) is 8.17. The van der Waals surface area contributed by atoms with Gasteiger partial charge in [0.1, 0.15) is 0 Å². The second-order valence-electron chi connectivity index (χ2n) is 7.91. The van der Waals surface area contributed by atoms with Gasteiger partial charge in [-0.25, -0.2) is 0 Å². The van der Waals surface area contributed by atoms with Crippen LogP contribution in [0.25, 0.3) is 0 Å². The van der Waals surface area contributed by atoms with Crippen molar-refractivity contribution in [3.63, 3.8) is 0 Å². The van der Waals surface area contributed by atoms with Crippen LogP contribution >= 0.6 is 7.92 Å². The molecule has 0 heterocycles. The van der Waals surface area contributed by atoms with E-state index in [-0.39, 0.29) is 7.92 Å². The lowest BCUT2D eigenvalue weighted by Gasteiger charge is -2.21. The Bertz CT molecular complexity index is 800. The Morgan fingerprint density at radius 3 is 1.83 bits per heavy atom. The quantitative estimate of drug-likeness (QED) is 0.161. The van der Waals surface area contributed by atoms with Crippen molar-refractivity contribution in [2.24, 2.45) is 0 Å². The Labute approximate surface area is 184 Å². The van der Waals surface area contributed by atoms with E-state index in [2.05, 4.69) is 110 Å². The summed E-state index contributed by atoms with van der Waals surface area (Å²) < 4.78 is 0. The molecule has 30 heavy (non-hydrogen) atoms. The molecule has 156 valence electrons.